The normalized spacial score (nSPS) is 23.1. The molecule has 0 aliphatic heterocycles. The van der Waals surface area contributed by atoms with Gasteiger partial charge in [-0.1, -0.05) is 19.8 Å². The van der Waals surface area contributed by atoms with Gasteiger partial charge >= 0.3 is 5.97 Å². The van der Waals surface area contributed by atoms with E-state index in [0.29, 0.717) is 17.1 Å². The third kappa shape index (κ3) is 2.64. The van der Waals surface area contributed by atoms with Gasteiger partial charge in [0.1, 0.15) is 11.3 Å². The molecule has 0 spiro atoms. The van der Waals surface area contributed by atoms with Crippen LogP contribution >= 0.6 is 0 Å². The van der Waals surface area contributed by atoms with Crippen molar-refractivity contribution in [3.05, 3.63) is 17.8 Å². The predicted molar refractivity (Wildman–Crippen MR) is 73.5 cm³/mol. The molecule has 2 aromatic heterocycles. The van der Waals surface area contributed by atoms with E-state index in [1.54, 1.807) is 0 Å². The predicted octanol–water partition coefficient (Wildman–Crippen LogP) is 2.42. The molecular weight excluding hydrogens is 256 g/mol. The monoisotopic (exact) mass is 274 g/mol. The lowest BCUT2D eigenvalue weighted by atomic mass is 9.81. The zero-order valence-corrected chi connectivity index (χ0v) is 11.5. The summed E-state index contributed by atoms with van der Waals surface area (Å²) in [4.78, 5) is 26.2. The molecule has 1 aliphatic carbocycles. The van der Waals surface area contributed by atoms with Crippen LogP contribution in [-0.2, 0) is 6.42 Å². The van der Waals surface area contributed by atoms with E-state index in [1.807, 2.05) is 0 Å². The van der Waals surface area contributed by atoms with Crippen LogP contribution in [0.5, 0.6) is 0 Å². The van der Waals surface area contributed by atoms with Crippen molar-refractivity contribution in [1.82, 2.24) is 19.9 Å². The number of carbonyl (C=O) groups is 1. The molecule has 1 aliphatic rings. The van der Waals surface area contributed by atoms with Crippen molar-refractivity contribution >= 4 is 17.1 Å². The summed E-state index contributed by atoms with van der Waals surface area (Å²) >= 11 is 0. The Morgan fingerprint density at radius 2 is 2.10 bits per heavy atom. The fourth-order valence-corrected chi connectivity index (χ4v) is 2.86. The average molecular weight is 274 g/mol. The first-order valence-corrected chi connectivity index (χ1v) is 7.06. The number of carboxylic acid groups (broad SMARTS) is 1. The Kier molecular flexibility index (Phi) is 3.38. The molecule has 1 saturated carbocycles. The maximum absolute atomic E-state index is 10.8. The lowest BCUT2D eigenvalue weighted by Crippen LogP contribution is -2.14. The summed E-state index contributed by atoms with van der Waals surface area (Å²) < 4.78 is 0. The van der Waals surface area contributed by atoms with Crippen molar-refractivity contribution in [2.45, 2.75) is 39.0 Å². The third-order valence-electron chi connectivity index (χ3n) is 4.10. The summed E-state index contributed by atoms with van der Waals surface area (Å²) in [6.07, 6.45) is 7.45. The topological polar surface area (TPSA) is 91.8 Å². The highest BCUT2D eigenvalue weighted by Crippen LogP contribution is 2.30. The number of carboxylic acids is 1. The van der Waals surface area contributed by atoms with Gasteiger partial charge < -0.3 is 10.1 Å². The van der Waals surface area contributed by atoms with Crippen LogP contribution in [0.3, 0.4) is 0 Å². The van der Waals surface area contributed by atoms with E-state index < -0.39 is 5.97 Å². The van der Waals surface area contributed by atoms with E-state index in [1.165, 1.54) is 31.9 Å². The molecule has 0 bridgehead atoms. The molecule has 2 heterocycles. The van der Waals surface area contributed by atoms with Gasteiger partial charge in [0.2, 0.25) is 5.82 Å². The van der Waals surface area contributed by atoms with Gasteiger partial charge in [-0.25, -0.2) is 19.7 Å². The van der Waals surface area contributed by atoms with Crippen molar-refractivity contribution in [3.8, 4) is 0 Å². The zero-order chi connectivity index (χ0) is 14.1. The van der Waals surface area contributed by atoms with Crippen LogP contribution in [0.25, 0.3) is 11.2 Å². The number of nitrogens with one attached hydrogen (secondary N) is 1. The molecular formula is C14H18N4O2. The standard InChI is InChI=1S/C14H18N4O2/c1-8-2-4-9(5-3-8)6-11-16-10-7-15-13(14(19)20)18-12(10)17-11/h7-9H,2-6H2,1H3,(H,19,20)(H,15,16,17,18). The van der Waals surface area contributed by atoms with Crippen LogP contribution in [-0.4, -0.2) is 31.0 Å². The summed E-state index contributed by atoms with van der Waals surface area (Å²) in [6.45, 7) is 2.31. The molecule has 2 N–H and O–H groups in total. The fraction of sp³-hybridized carbons (Fsp3) is 0.571. The molecule has 0 atom stereocenters. The van der Waals surface area contributed by atoms with Crippen molar-refractivity contribution in [2.24, 2.45) is 11.8 Å². The van der Waals surface area contributed by atoms with E-state index in [2.05, 4.69) is 26.9 Å². The number of H-pyrrole nitrogens is 1. The number of aromatic amines is 1. The van der Waals surface area contributed by atoms with Gasteiger partial charge in [-0.15, -0.1) is 0 Å². The van der Waals surface area contributed by atoms with E-state index in [4.69, 9.17) is 5.11 Å². The first-order valence-electron chi connectivity index (χ1n) is 7.06. The Morgan fingerprint density at radius 1 is 1.35 bits per heavy atom. The second-order valence-corrected chi connectivity index (χ2v) is 5.75. The fourth-order valence-electron chi connectivity index (χ4n) is 2.86. The van der Waals surface area contributed by atoms with Crippen molar-refractivity contribution < 1.29 is 9.90 Å². The zero-order valence-electron chi connectivity index (χ0n) is 11.5. The SMILES string of the molecule is CC1CCC(Cc2nc3nc(C(=O)O)ncc3[nH]2)CC1. The number of hydrogen-bond donors (Lipinski definition) is 2. The smallest absolute Gasteiger partial charge is 0.374 e. The van der Waals surface area contributed by atoms with Crippen LogP contribution in [0.2, 0.25) is 0 Å². The number of imidazole rings is 1. The largest absolute Gasteiger partial charge is 0.475 e. The summed E-state index contributed by atoms with van der Waals surface area (Å²) in [5.41, 5.74) is 1.14. The summed E-state index contributed by atoms with van der Waals surface area (Å²) in [5.74, 6) is 1.06. The molecule has 20 heavy (non-hydrogen) atoms. The number of rotatable bonds is 3. The molecule has 6 nitrogen and oxygen atoms in total. The summed E-state index contributed by atoms with van der Waals surface area (Å²) in [5, 5.41) is 8.87. The number of aromatic carboxylic acids is 1. The lowest BCUT2D eigenvalue weighted by molar-refractivity contribution is 0.0684. The maximum Gasteiger partial charge on any atom is 0.374 e. The van der Waals surface area contributed by atoms with Crippen LogP contribution < -0.4 is 0 Å². The van der Waals surface area contributed by atoms with E-state index in [-0.39, 0.29) is 5.82 Å². The minimum atomic E-state index is -1.13. The van der Waals surface area contributed by atoms with Crippen LogP contribution in [0, 0.1) is 11.8 Å². The number of hydrogen-bond acceptors (Lipinski definition) is 4. The molecule has 0 radical (unpaired) electrons. The van der Waals surface area contributed by atoms with Crippen molar-refractivity contribution in [3.63, 3.8) is 0 Å². The van der Waals surface area contributed by atoms with Gasteiger partial charge in [-0.05, 0) is 24.7 Å². The summed E-state index contributed by atoms with van der Waals surface area (Å²) in [6, 6.07) is 0. The quantitative estimate of drug-likeness (QED) is 0.896. The molecule has 2 aromatic rings. The van der Waals surface area contributed by atoms with Crippen LogP contribution in [0.15, 0.2) is 6.20 Å². The number of aromatic nitrogens is 4. The number of nitrogens with zero attached hydrogens (tertiary/aromatic N) is 3. The molecule has 0 unspecified atom stereocenters. The van der Waals surface area contributed by atoms with Crippen molar-refractivity contribution in [2.75, 3.05) is 0 Å². The molecule has 0 aromatic carbocycles. The average Bonchev–Trinajstić information content (AvgIpc) is 2.82. The highest BCUT2D eigenvalue weighted by Gasteiger charge is 2.20. The van der Waals surface area contributed by atoms with Crippen molar-refractivity contribution in [1.29, 1.82) is 0 Å². The Morgan fingerprint density at radius 3 is 2.80 bits per heavy atom. The van der Waals surface area contributed by atoms with Crippen LogP contribution in [0.4, 0.5) is 0 Å². The molecule has 6 heteroatoms. The molecule has 1 fully saturated rings. The molecule has 0 saturated heterocycles. The lowest BCUT2D eigenvalue weighted by Gasteiger charge is -2.25. The van der Waals surface area contributed by atoms with Gasteiger partial charge in [0.25, 0.3) is 0 Å². The molecule has 0 amide bonds. The Hall–Kier alpha value is -1.98. The second kappa shape index (κ2) is 5.19. The van der Waals surface area contributed by atoms with Gasteiger partial charge in [0.15, 0.2) is 5.65 Å². The third-order valence-corrected chi connectivity index (χ3v) is 4.10. The van der Waals surface area contributed by atoms with E-state index in [0.717, 1.165) is 18.2 Å². The summed E-state index contributed by atoms with van der Waals surface area (Å²) in [7, 11) is 0. The first kappa shape index (κ1) is 13.0. The Balaban J connectivity index is 1.77. The Labute approximate surface area is 116 Å². The van der Waals surface area contributed by atoms with Gasteiger partial charge in [-0.2, -0.15) is 0 Å². The maximum atomic E-state index is 10.8. The number of fused-ring (bicyclic) bond motifs is 1. The van der Waals surface area contributed by atoms with E-state index >= 15 is 0 Å². The minimum Gasteiger partial charge on any atom is -0.475 e. The highest BCUT2D eigenvalue weighted by atomic mass is 16.4. The Bertz CT molecular complexity index is 629. The van der Waals surface area contributed by atoms with Crippen LogP contribution in [0.1, 0.15) is 49.1 Å². The van der Waals surface area contributed by atoms with Gasteiger partial charge in [0.05, 0.1) is 6.20 Å². The highest BCUT2D eigenvalue weighted by molar-refractivity contribution is 5.85. The first-order chi connectivity index (χ1) is 9.61. The second-order valence-electron chi connectivity index (χ2n) is 5.75. The van der Waals surface area contributed by atoms with E-state index in [9.17, 15) is 4.79 Å². The van der Waals surface area contributed by atoms with Gasteiger partial charge in [0, 0.05) is 6.42 Å². The molecule has 3 rings (SSSR count). The van der Waals surface area contributed by atoms with Gasteiger partial charge in [-0.3, -0.25) is 0 Å². The molecule has 106 valence electrons. The minimum absolute atomic E-state index is 0.206.